The number of amidine groups is 1. The molecule has 0 aliphatic carbocycles. The number of nitrogen functional groups attached to an aromatic ring is 1. The van der Waals surface area contributed by atoms with Crippen LogP contribution in [-0.4, -0.2) is 23.1 Å². The average Bonchev–Trinajstić information content (AvgIpc) is 2.89. The van der Waals surface area contributed by atoms with Gasteiger partial charge in [-0.25, -0.2) is 0 Å². The van der Waals surface area contributed by atoms with Gasteiger partial charge in [0.05, 0.1) is 7.11 Å². The lowest BCUT2D eigenvalue weighted by atomic mass is 10.1. The first kappa shape index (κ1) is 12.8. The van der Waals surface area contributed by atoms with Crippen molar-refractivity contribution in [3.8, 4) is 5.75 Å². The smallest absolute Gasteiger partial charge is 0.174 e. The number of hydrogen-bond acceptors (Lipinski definition) is 6. The van der Waals surface area contributed by atoms with Crippen LogP contribution in [0.4, 0.5) is 0 Å². The molecule has 0 amide bonds. The van der Waals surface area contributed by atoms with Crippen LogP contribution in [0.5, 0.6) is 5.75 Å². The first-order valence-electron chi connectivity index (χ1n) is 5.11. The lowest BCUT2D eigenvalue weighted by molar-refractivity contribution is 0.411. The van der Waals surface area contributed by atoms with Gasteiger partial charge in [-0.3, -0.25) is 5.41 Å². The number of nitrogens with zero attached hydrogens (tertiary/aromatic N) is 2. The molecular formula is C11H12N4OS2. The maximum absolute atomic E-state index is 7.44. The molecule has 0 saturated carbocycles. The zero-order chi connectivity index (χ0) is 13.0. The van der Waals surface area contributed by atoms with E-state index in [0.29, 0.717) is 11.3 Å². The molecule has 1 aromatic carbocycles. The molecule has 0 radical (unpaired) electrons. The van der Waals surface area contributed by atoms with Gasteiger partial charge >= 0.3 is 0 Å². The molecule has 5 nitrogen and oxygen atoms in total. The van der Waals surface area contributed by atoms with E-state index in [1.165, 1.54) is 11.3 Å². The van der Waals surface area contributed by atoms with Crippen molar-refractivity contribution in [2.75, 3.05) is 7.11 Å². The minimum Gasteiger partial charge on any atom is -0.496 e. The summed E-state index contributed by atoms with van der Waals surface area (Å²) in [7, 11) is 1.63. The van der Waals surface area contributed by atoms with E-state index >= 15 is 0 Å². The number of nitrogens with one attached hydrogen (secondary N) is 1. The Bertz CT molecular complexity index is 542. The number of aromatic nitrogens is 2. The van der Waals surface area contributed by atoms with E-state index in [4.69, 9.17) is 15.9 Å². The molecule has 0 aliphatic rings. The molecule has 1 heterocycles. The van der Waals surface area contributed by atoms with Crippen molar-refractivity contribution < 1.29 is 4.74 Å². The van der Waals surface area contributed by atoms with E-state index < -0.39 is 0 Å². The van der Waals surface area contributed by atoms with Gasteiger partial charge in [0.2, 0.25) is 0 Å². The fraction of sp³-hybridized carbons (Fsp3) is 0.182. The van der Waals surface area contributed by atoms with Crippen LogP contribution in [0.1, 0.15) is 11.1 Å². The van der Waals surface area contributed by atoms with Crippen molar-refractivity contribution >= 4 is 28.9 Å². The Kier molecular flexibility index (Phi) is 4.16. The number of benzene rings is 1. The lowest BCUT2D eigenvalue weighted by Gasteiger charge is -2.09. The van der Waals surface area contributed by atoms with Gasteiger partial charge in [0.15, 0.2) is 4.34 Å². The van der Waals surface area contributed by atoms with Crippen LogP contribution in [-0.2, 0) is 5.75 Å². The molecule has 0 aliphatic heterocycles. The fourth-order valence-corrected chi connectivity index (χ4v) is 2.89. The highest BCUT2D eigenvalue weighted by Gasteiger charge is 2.08. The summed E-state index contributed by atoms with van der Waals surface area (Å²) in [4.78, 5) is 0. The van der Waals surface area contributed by atoms with Crippen molar-refractivity contribution in [3.05, 3.63) is 34.8 Å². The summed E-state index contributed by atoms with van der Waals surface area (Å²) >= 11 is 3.08. The van der Waals surface area contributed by atoms with Crippen LogP contribution in [0.25, 0.3) is 0 Å². The monoisotopic (exact) mass is 280 g/mol. The van der Waals surface area contributed by atoms with Crippen molar-refractivity contribution in [2.24, 2.45) is 5.73 Å². The second kappa shape index (κ2) is 5.83. The van der Waals surface area contributed by atoms with Gasteiger partial charge in [0.1, 0.15) is 17.1 Å². The van der Waals surface area contributed by atoms with E-state index in [1.807, 2.05) is 12.1 Å². The van der Waals surface area contributed by atoms with Crippen molar-refractivity contribution in [3.63, 3.8) is 0 Å². The van der Waals surface area contributed by atoms with Crippen molar-refractivity contribution in [1.82, 2.24) is 10.2 Å². The molecule has 0 bridgehead atoms. The third kappa shape index (κ3) is 2.99. The molecule has 2 rings (SSSR count). The standard InChI is InChI=1S/C11H12N4OS2/c1-16-9-3-2-7(10(12)13)4-8(9)5-17-11-15-14-6-18-11/h2-4,6H,5H2,1H3,(H3,12,13). The van der Waals surface area contributed by atoms with Gasteiger partial charge in [-0.15, -0.1) is 10.2 Å². The summed E-state index contributed by atoms with van der Waals surface area (Å²) in [6.07, 6.45) is 0. The Morgan fingerprint density at radius 3 is 3.00 bits per heavy atom. The Hall–Kier alpha value is -1.60. The topological polar surface area (TPSA) is 84.9 Å². The first-order chi connectivity index (χ1) is 8.70. The Morgan fingerprint density at radius 2 is 2.39 bits per heavy atom. The Labute approximate surface area is 113 Å². The van der Waals surface area contributed by atoms with Crippen molar-refractivity contribution in [1.29, 1.82) is 5.41 Å². The number of ether oxygens (including phenoxy) is 1. The highest BCUT2D eigenvalue weighted by atomic mass is 32.2. The number of hydrogen-bond donors (Lipinski definition) is 2. The van der Waals surface area contributed by atoms with E-state index in [0.717, 1.165) is 15.7 Å². The zero-order valence-electron chi connectivity index (χ0n) is 9.71. The molecule has 94 valence electrons. The Morgan fingerprint density at radius 1 is 1.56 bits per heavy atom. The molecular weight excluding hydrogens is 268 g/mol. The number of thioether (sulfide) groups is 1. The maximum Gasteiger partial charge on any atom is 0.174 e. The molecule has 0 saturated heterocycles. The molecule has 3 N–H and O–H groups in total. The van der Waals surface area contributed by atoms with Crippen LogP contribution in [0.3, 0.4) is 0 Å². The molecule has 7 heteroatoms. The van der Waals surface area contributed by atoms with Crippen LogP contribution >= 0.6 is 23.1 Å². The van der Waals surface area contributed by atoms with Gasteiger partial charge in [0.25, 0.3) is 0 Å². The molecule has 2 aromatic rings. The second-order valence-electron chi connectivity index (χ2n) is 3.43. The molecule has 0 spiro atoms. The van der Waals surface area contributed by atoms with E-state index in [-0.39, 0.29) is 5.84 Å². The molecule has 1 aromatic heterocycles. The predicted octanol–water partition coefficient (Wildman–Crippen LogP) is 2.12. The van der Waals surface area contributed by atoms with Gasteiger partial charge in [-0.05, 0) is 18.2 Å². The highest BCUT2D eigenvalue weighted by Crippen LogP contribution is 2.29. The second-order valence-corrected chi connectivity index (χ2v) is 5.49. The number of methoxy groups -OCH3 is 1. The van der Waals surface area contributed by atoms with Crippen LogP contribution < -0.4 is 10.5 Å². The quantitative estimate of drug-likeness (QED) is 0.498. The van der Waals surface area contributed by atoms with Crippen molar-refractivity contribution in [2.45, 2.75) is 10.1 Å². The van der Waals surface area contributed by atoms with E-state index in [9.17, 15) is 0 Å². The maximum atomic E-state index is 7.44. The SMILES string of the molecule is COc1ccc(C(=N)N)cc1CSc1nncs1. The summed E-state index contributed by atoms with van der Waals surface area (Å²) in [5.41, 5.74) is 8.87. The number of nitrogens with two attached hydrogens (primary N) is 1. The summed E-state index contributed by atoms with van der Waals surface area (Å²) in [5.74, 6) is 1.55. The minimum absolute atomic E-state index is 0.0554. The van der Waals surface area contributed by atoms with Crippen LogP contribution in [0, 0.1) is 5.41 Å². The third-order valence-corrected chi connectivity index (χ3v) is 4.19. The van der Waals surface area contributed by atoms with E-state index in [1.54, 1.807) is 30.4 Å². The molecule has 18 heavy (non-hydrogen) atoms. The first-order valence-corrected chi connectivity index (χ1v) is 6.97. The fourth-order valence-electron chi connectivity index (χ4n) is 1.42. The molecule has 0 atom stereocenters. The van der Waals surface area contributed by atoms with Gasteiger partial charge in [0, 0.05) is 16.9 Å². The third-order valence-electron chi connectivity index (χ3n) is 2.28. The minimum atomic E-state index is 0.0554. The normalized spacial score (nSPS) is 10.3. The van der Waals surface area contributed by atoms with Gasteiger partial charge in [-0.1, -0.05) is 23.1 Å². The summed E-state index contributed by atoms with van der Waals surface area (Å²) in [6, 6.07) is 5.47. The average molecular weight is 280 g/mol. The summed E-state index contributed by atoms with van der Waals surface area (Å²) in [6.45, 7) is 0. The Balaban J connectivity index is 2.18. The highest BCUT2D eigenvalue weighted by molar-refractivity contribution is 8.00. The van der Waals surface area contributed by atoms with Crippen LogP contribution in [0.15, 0.2) is 28.0 Å². The van der Waals surface area contributed by atoms with E-state index in [2.05, 4.69) is 10.2 Å². The largest absolute Gasteiger partial charge is 0.496 e. The van der Waals surface area contributed by atoms with Gasteiger partial charge in [-0.2, -0.15) is 0 Å². The number of rotatable bonds is 5. The van der Waals surface area contributed by atoms with Crippen LogP contribution in [0.2, 0.25) is 0 Å². The molecule has 0 fully saturated rings. The molecule has 0 unspecified atom stereocenters. The predicted molar refractivity (Wildman–Crippen MR) is 73.5 cm³/mol. The van der Waals surface area contributed by atoms with Gasteiger partial charge < -0.3 is 10.5 Å². The summed E-state index contributed by atoms with van der Waals surface area (Å²) < 4.78 is 6.20. The summed E-state index contributed by atoms with van der Waals surface area (Å²) in [5, 5.41) is 15.2. The lowest BCUT2D eigenvalue weighted by Crippen LogP contribution is -2.11. The zero-order valence-corrected chi connectivity index (χ0v) is 11.3.